The highest BCUT2D eigenvalue weighted by Crippen LogP contribution is 2.45. The van der Waals surface area contributed by atoms with Crippen molar-refractivity contribution in [1.29, 1.82) is 0 Å². The van der Waals surface area contributed by atoms with Crippen LogP contribution in [0.3, 0.4) is 0 Å². The van der Waals surface area contributed by atoms with Crippen molar-refractivity contribution >= 4 is 0 Å². The van der Waals surface area contributed by atoms with Gasteiger partial charge in [0.05, 0.1) is 0 Å². The number of rotatable bonds is 3. The van der Waals surface area contributed by atoms with Crippen LogP contribution in [0.25, 0.3) is 0 Å². The van der Waals surface area contributed by atoms with Crippen molar-refractivity contribution in [3.63, 3.8) is 0 Å². The number of nitrogens with zero attached hydrogens (tertiary/aromatic N) is 1. The fourth-order valence-corrected chi connectivity index (χ4v) is 2.66. The summed E-state index contributed by atoms with van der Waals surface area (Å²) < 4.78 is 0. The molecule has 80 valence electrons. The quantitative estimate of drug-likeness (QED) is 0.806. The molecule has 2 nitrogen and oxygen atoms in total. The average molecular weight is 202 g/mol. The van der Waals surface area contributed by atoms with Crippen LogP contribution < -0.4 is 5.73 Å². The molecule has 1 aromatic carbocycles. The number of likely N-dealkylation sites (tertiary alicyclic amines) is 1. The number of piperidine rings is 1. The monoisotopic (exact) mass is 202 g/mol. The van der Waals surface area contributed by atoms with Crippen LogP contribution in [0.2, 0.25) is 0 Å². The highest BCUT2D eigenvalue weighted by molar-refractivity contribution is 5.22. The highest BCUT2D eigenvalue weighted by atomic mass is 15.2. The molecule has 3 rings (SSSR count). The lowest BCUT2D eigenvalue weighted by Crippen LogP contribution is -2.21. The van der Waals surface area contributed by atoms with Crippen molar-refractivity contribution in [2.45, 2.75) is 19.5 Å². The normalized spacial score (nSPS) is 29.1. The summed E-state index contributed by atoms with van der Waals surface area (Å²) >= 11 is 0. The Morgan fingerprint density at radius 2 is 1.67 bits per heavy atom. The summed E-state index contributed by atoms with van der Waals surface area (Å²) in [4.78, 5) is 2.58. The van der Waals surface area contributed by atoms with Gasteiger partial charge in [0, 0.05) is 26.2 Å². The van der Waals surface area contributed by atoms with Gasteiger partial charge in [-0.2, -0.15) is 0 Å². The predicted molar refractivity (Wildman–Crippen MR) is 61.2 cm³/mol. The van der Waals surface area contributed by atoms with Gasteiger partial charge in [0.15, 0.2) is 0 Å². The Labute approximate surface area is 91.1 Å². The first-order valence-corrected chi connectivity index (χ1v) is 5.85. The second kappa shape index (κ2) is 3.62. The predicted octanol–water partition coefficient (Wildman–Crippen LogP) is 1.60. The summed E-state index contributed by atoms with van der Waals surface area (Å²) in [5, 5.41) is 0. The lowest BCUT2D eigenvalue weighted by atomic mass is 10.1. The summed E-state index contributed by atoms with van der Waals surface area (Å²) in [5.74, 6) is 2.07. The van der Waals surface area contributed by atoms with Gasteiger partial charge in [0.25, 0.3) is 0 Å². The molecule has 2 fully saturated rings. The van der Waals surface area contributed by atoms with Crippen LogP contribution in [0.4, 0.5) is 0 Å². The molecule has 1 aliphatic heterocycles. The van der Waals surface area contributed by atoms with E-state index in [9.17, 15) is 0 Å². The molecule has 2 atom stereocenters. The number of benzene rings is 1. The minimum Gasteiger partial charge on any atom is -0.326 e. The first kappa shape index (κ1) is 9.37. The molecule has 0 aromatic heterocycles. The molecule has 1 aromatic rings. The maximum atomic E-state index is 5.58. The third kappa shape index (κ3) is 1.92. The van der Waals surface area contributed by atoms with Crippen LogP contribution in [-0.2, 0) is 13.1 Å². The van der Waals surface area contributed by atoms with Crippen LogP contribution in [-0.4, -0.2) is 18.0 Å². The first-order chi connectivity index (χ1) is 7.35. The molecule has 1 saturated heterocycles. The van der Waals surface area contributed by atoms with Crippen LogP contribution in [0.15, 0.2) is 24.3 Å². The molecular weight excluding hydrogens is 184 g/mol. The van der Waals surface area contributed by atoms with E-state index < -0.39 is 0 Å². The summed E-state index contributed by atoms with van der Waals surface area (Å²) in [6.07, 6.45) is 1.49. The fraction of sp³-hybridized carbons (Fsp3) is 0.538. The average Bonchev–Trinajstić information content (AvgIpc) is 2.88. The van der Waals surface area contributed by atoms with Crippen LogP contribution in [0.5, 0.6) is 0 Å². The Morgan fingerprint density at radius 3 is 2.27 bits per heavy atom. The molecule has 1 aliphatic carbocycles. The van der Waals surface area contributed by atoms with E-state index in [1.54, 1.807) is 0 Å². The Morgan fingerprint density at radius 1 is 1.07 bits per heavy atom. The Hall–Kier alpha value is -0.860. The minimum absolute atomic E-state index is 0.647. The minimum atomic E-state index is 0.647. The van der Waals surface area contributed by atoms with Crippen LogP contribution in [0.1, 0.15) is 17.5 Å². The highest BCUT2D eigenvalue weighted by Gasteiger charge is 2.44. The summed E-state index contributed by atoms with van der Waals surface area (Å²) in [6, 6.07) is 8.72. The van der Waals surface area contributed by atoms with Gasteiger partial charge in [-0.05, 0) is 29.4 Å². The van der Waals surface area contributed by atoms with E-state index in [0.29, 0.717) is 6.54 Å². The summed E-state index contributed by atoms with van der Waals surface area (Å²) in [7, 11) is 0. The summed E-state index contributed by atoms with van der Waals surface area (Å²) in [6.45, 7) is 4.42. The largest absolute Gasteiger partial charge is 0.326 e. The van der Waals surface area contributed by atoms with Gasteiger partial charge in [0.1, 0.15) is 0 Å². The van der Waals surface area contributed by atoms with Gasteiger partial charge in [-0.3, -0.25) is 4.90 Å². The Balaban J connectivity index is 1.61. The Bertz CT molecular complexity index is 334. The van der Waals surface area contributed by atoms with Gasteiger partial charge in [0.2, 0.25) is 0 Å². The zero-order valence-electron chi connectivity index (χ0n) is 9.02. The van der Waals surface area contributed by atoms with Crippen LogP contribution >= 0.6 is 0 Å². The second-order valence-corrected chi connectivity index (χ2v) is 4.97. The molecule has 2 N–H and O–H groups in total. The molecule has 0 radical (unpaired) electrons. The van der Waals surface area contributed by atoms with Crippen LogP contribution in [0, 0.1) is 11.8 Å². The van der Waals surface area contributed by atoms with Crippen molar-refractivity contribution in [3.8, 4) is 0 Å². The molecule has 1 saturated carbocycles. The van der Waals surface area contributed by atoms with Gasteiger partial charge < -0.3 is 5.73 Å². The number of hydrogen-bond acceptors (Lipinski definition) is 2. The van der Waals surface area contributed by atoms with Crippen molar-refractivity contribution in [2.24, 2.45) is 17.6 Å². The molecule has 2 aliphatic rings. The number of fused-ring (bicyclic) bond motifs is 1. The molecule has 0 bridgehead atoms. The zero-order chi connectivity index (χ0) is 10.3. The SMILES string of the molecule is NCc1ccc(CN2CC3CC3C2)cc1. The fourth-order valence-electron chi connectivity index (χ4n) is 2.66. The molecule has 2 unspecified atom stereocenters. The van der Waals surface area contributed by atoms with Gasteiger partial charge in [-0.15, -0.1) is 0 Å². The number of nitrogens with two attached hydrogens (primary N) is 1. The third-order valence-electron chi connectivity index (χ3n) is 3.72. The van der Waals surface area contributed by atoms with E-state index in [2.05, 4.69) is 29.2 Å². The molecule has 15 heavy (non-hydrogen) atoms. The van der Waals surface area contributed by atoms with E-state index in [1.165, 1.54) is 30.6 Å². The van der Waals surface area contributed by atoms with E-state index in [-0.39, 0.29) is 0 Å². The van der Waals surface area contributed by atoms with E-state index in [0.717, 1.165) is 18.4 Å². The lowest BCUT2D eigenvalue weighted by molar-refractivity contribution is 0.297. The van der Waals surface area contributed by atoms with Gasteiger partial charge >= 0.3 is 0 Å². The first-order valence-electron chi connectivity index (χ1n) is 5.85. The van der Waals surface area contributed by atoms with E-state index in [1.807, 2.05) is 0 Å². The zero-order valence-corrected chi connectivity index (χ0v) is 9.02. The van der Waals surface area contributed by atoms with Crippen molar-refractivity contribution in [3.05, 3.63) is 35.4 Å². The Kier molecular flexibility index (Phi) is 2.26. The summed E-state index contributed by atoms with van der Waals surface area (Å²) in [5.41, 5.74) is 8.23. The number of hydrogen-bond donors (Lipinski definition) is 1. The molecule has 0 spiro atoms. The van der Waals surface area contributed by atoms with Crippen molar-refractivity contribution in [1.82, 2.24) is 4.90 Å². The maximum Gasteiger partial charge on any atom is 0.0233 e. The third-order valence-corrected chi connectivity index (χ3v) is 3.72. The van der Waals surface area contributed by atoms with E-state index in [4.69, 9.17) is 5.73 Å². The van der Waals surface area contributed by atoms with Gasteiger partial charge in [-0.1, -0.05) is 24.3 Å². The van der Waals surface area contributed by atoms with E-state index >= 15 is 0 Å². The molecule has 2 heteroatoms. The lowest BCUT2D eigenvalue weighted by Gasteiger charge is -2.17. The standard InChI is InChI=1S/C13H18N2/c14-6-10-1-3-11(4-2-10)7-15-8-12-5-13(12)9-15/h1-4,12-13H,5-9,14H2. The molecular formula is C13H18N2. The van der Waals surface area contributed by atoms with Gasteiger partial charge in [-0.25, -0.2) is 0 Å². The molecule has 0 amide bonds. The van der Waals surface area contributed by atoms with Crippen molar-refractivity contribution < 1.29 is 0 Å². The molecule has 1 heterocycles. The van der Waals surface area contributed by atoms with Crippen molar-refractivity contribution in [2.75, 3.05) is 13.1 Å². The smallest absolute Gasteiger partial charge is 0.0233 e. The maximum absolute atomic E-state index is 5.58. The second-order valence-electron chi connectivity index (χ2n) is 4.97. The topological polar surface area (TPSA) is 29.3 Å².